The molecule has 0 atom stereocenters. The highest BCUT2D eigenvalue weighted by Gasteiger charge is 2.27. The third-order valence-electron chi connectivity index (χ3n) is 2.76. The number of aryl methyl sites for hydroxylation is 1. The lowest BCUT2D eigenvalue weighted by Crippen LogP contribution is -2.18. The van der Waals surface area contributed by atoms with Crippen molar-refractivity contribution in [1.82, 2.24) is 9.78 Å². The van der Waals surface area contributed by atoms with Gasteiger partial charge in [-0.05, 0) is 39.2 Å². The molecule has 0 radical (unpaired) electrons. The molecule has 1 saturated carbocycles. The minimum atomic E-state index is 0.165. The van der Waals surface area contributed by atoms with E-state index in [1.807, 2.05) is 6.92 Å². The molecule has 4 heteroatoms. The van der Waals surface area contributed by atoms with Crippen LogP contribution in [0, 0.1) is 6.92 Å². The van der Waals surface area contributed by atoms with Crippen molar-refractivity contribution < 1.29 is 0 Å². The largest absolute Gasteiger partial charge is 0.330 e. The van der Waals surface area contributed by atoms with Gasteiger partial charge in [-0.25, -0.2) is 4.68 Å². The Balaban J connectivity index is 2.25. The average Bonchev–Trinajstić information content (AvgIpc) is 2.94. The van der Waals surface area contributed by atoms with E-state index in [0.29, 0.717) is 12.6 Å². The Labute approximate surface area is 83.1 Å². The first-order chi connectivity index (χ1) is 6.74. The first-order valence-electron chi connectivity index (χ1n) is 5.24. The number of rotatable bonds is 4. The minimum absolute atomic E-state index is 0.165. The number of nitrogens with two attached hydrogens (primary N) is 1. The van der Waals surface area contributed by atoms with E-state index < -0.39 is 0 Å². The van der Waals surface area contributed by atoms with E-state index in [4.69, 9.17) is 5.73 Å². The van der Waals surface area contributed by atoms with Gasteiger partial charge in [0.05, 0.1) is 6.04 Å². The first-order valence-corrected chi connectivity index (χ1v) is 5.24. The molecule has 0 aliphatic heterocycles. The second kappa shape index (κ2) is 3.61. The number of aromatic nitrogens is 2. The van der Waals surface area contributed by atoms with E-state index in [-0.39, 0.29) is 5.56 Å². The van der Waals surface area contributed by atoms with Crippen LogP contribution in [0.5, 0.6) is 0 Å². The number of nitrogens with one attached hydrogen (secondary N) is 1. The lowest BCUT2D eigenvalue weighted by molar-refractivity contribution is 0.614. The van der Waals surface area contributed by atoms with Gasteiger partial charge in [0.2, 0.25) is 0 Å². The molecule has 1 aliphatic rings. The molecule has 0 bridgehead atoms. The molecular formula is C10H17N3O. The van der Waals surface area contributed by atoms with Gasteiger partial charge in [0.15, 0.2) is 0 Å². The van der Waals surface area contributed by atoms with Crippen molar-refractivity contribution >= 4 is 0 Å². The fourth-order valence-corrected chi connectivity index (χ4v) is 1.77. The summed E-state index contributed by atoms with van der Waals surface area (Å²) in [6, 6.07) is 0.438. The van der Waals surface area contributed by atoms with Gasteiger partial charge >= 0.3 is 0 Å². The Morgan fingerprint density at radius 1 is 1.57 bits per heavy atom. The minimum Gasteiger partial charge on any atom is -0.330 e. The third kappa shape index (κ3) is 1.62. The van der Waals surface area contributed by atoms with Crippen LogP contribution in [0.1, 0.15) is 36.6 Å². The highest BCUT2D eigenvalue weighted by atomic mass is 16.1. The summed E-state index contributed by atoms with van der Waals surface area (Å²) in [7, 11) is 0. The second-order valence-corrected chi connectivity index (χ2v) is 4.01. The van der Waals surface area contributed by atoms with Crippen LogP contribution < -0.4 is 11.3 Å². The Morgan fingerprint density at radius 3 is 2.86 bits per heavy atom. The Hall–Kier alpha value is -1.03. The molecular weight excluding hydrogens is 178 g/mol. The van der Waals surface area contributed by atoms with Gasteiger partial charge in [-0.3, -0.25) is 9.89 Å². The summed E-state index contributed by atoms with van der Waals surface area (Å²) in [4.78, 5) is 11.9. The van der Waals surface area contributed by atoms with Gasteiger partial charge in [0.25, 0.3) is 5.56 Å². The van der Waals surface area contributed by atoms with Crippen molar-refractivity contribution in [2.24, 2.45) is 5.73 Å². The van der Waals surface area contributed by atoms with Crippen molar-refractivity contribution in [3.8, 4) is 0 Å². The summed E-state index contributed by atoms with van der Waals surface area (Å²) in [6.45, 7) is 2.61. The Bertz CT molecular complexity index is 373. The number of H-pyrrole nitrogens is 1. The zero-order valence-corrected chi connectivity index (χ0v) is 8.55. The molecule has 1 aromatic heterocycles. The fraction of sp³-hybridized carbons (Fsp3) is 0.700. The molecule has 78 valence electrons. The van der Waals surface area contributed by atoms with E-state index in [9.17, 15) is 4.79 Å². The van der Waals surface area contributed by atoms with Crippen LogP contribution in [-0.4, -0.2) is 16.3 Å². The lowest BCUT2D eigenvalue weighted by Gasteiger charge is -1.94. The number of nitrogens with zero attached hydrogens (tertiary/aromatic N) is 1. The van der Waals surface area contributed by atoms with Crippen LogP contribution in [-0.2, 0) is 6.42 Å². The van der Waals surface area contributed by atoms with Crippen molar-refractivity contribution in [3.63, 3.8) is 0 Å². The molecule has 4 nitrogen and oxygen atoms in total. The summed E-state index contributed by atoms with van der Waals surface area (Å²) in [6.07, 6.45) is 3.96. The molecule has 0 unspecified atom stereocenters. The van der Waals surface area contributed by atoms with Gasteiger partial charge in [0, 0.05) is 11.3 Å². The molecule has 3 N–H and O–H groups in total. The van der Waals surface area contributed by atoms with Crippen LogP contribution in [0.3, 0.4) is 0 Å². The van der Waals surface area contributed by atoms with Crippen LogP contribution >= 0.6 is 0 Å². The van der Waals surface area contributed by atoms with Crippen molar-refractivity contribution in [1.29, 1.82) is 0 Å². The highest BCUT2D eigenvalue weighted by Crippen LogP contribution is 2.33. The molecule has 14 heavy (non-hydrogen) atoms. The van der Waals surface area contributed by atoms with E-state index in [1.54, 1.807) is 4.68 Å². The second-order valence-electron chi connectivity index (χ2n) is 4.01. The summed E-state index contributed by atoms with van der Waals surface area (Å²) in [5.74, 6) is 0. The van der Waals surface area contributed by atoms with E-state index in [2.05, 4.69) is 5.10 Å². The molecule has 2 rings (SSSR count). The molecule has 1 aromatic rings. The summed E-state index contributed by atoms with van der Waals surface area (Å²) < 4.78 is 1.78. The molecule has 1 fully saturated rings. The van der Waals surface area contributed by atoms with Gasteiger partial charge in [-0.15, -0.1) is 0 Å². The van der Waals surface area contributed by atoms with Crippen molar-refractivity contribution in [2.45, 2.75) is 38.6 Å². The molecule has 1 aliphatic carbocycles. The maximum Gasteiger partial charge on any atom is 0.270 e. The molecule has 0 amide bonds. The SMILES string of the molecule is Cc1[nH]n(C2CC2)c(=O)c1CCCN. The summed E-state index contributed by atoms with van der Waals surface area (Å²) in [5.41, 5.74) is 7.53. The smallest absolute Gasteiger partial charge is 0.270 e. The predicted molar refractivity (Wildman–Crippen MR) is 55.4 cm³/mol. The first kappa shape index (κ1) is 9.52. The number of aromatic amines is 1. The summed E-state index contributed by atoms with van der Waals surface area (Å²) >= 11 is 0. The van der Waals surface area contributed by atoms with Gasteiger partial charge in [0.1, 0.15) is 0 Å². The van der Waals surface area contributed by atoms with Crippen molar-refractivity contribution in [2.75, 3.05) is 6.54 Å². The standard InChI is InChI=1S/C10H17N3O/c1-7-9(3-2-6-11)10(14)13(12-7)8-4-5-8/h8,12H,2-6,11H2,1H3. The lowest BCUT2D eigenvalue weighted by atomic mass is 10.1. The quantitative estimate of drug-likeness (QED) is 0.743. The maximum absolute atomic E-state index is 11.9. The van der Waals surface area contributed by atoms with E-state index in [0.717, 1.165) is 36.9 Å². The van der Waals surface area contributed by atoms with Crippen molar-refractivity contribution in [3.05, 3.63) is 21.6 Å². The van der Waals surface area contributed by atoms with Crippen LogP contribution in [0.2, 0.25) is 0 Å². The number of hydrogen-bond donors (Lipinski definition) is 2. The molecule has 0 spiro atoms. The Morgan fingerprint density at radius 2 is 2.29 bits per heavy atom. The fourth-order valence-electron chi connectivity index (χ4n) is 1.77. The average molecular weight is 195 g/mol. The normalized spacial score (nSPS) is 16.1. The molecule has 1 heterocycles. The van der Waals surface area contributed by atoms with E-state index in [1.165, 1.54) is 0 Å². The van der Waals surface area contributed by atoms with Crippen LogP contribution in [0.15, 0.2) is 4.79 Å². The van der Waals surface area contributed by atoms with Gasteiger partial charge in [-0.2, -0.15) is 0 Å². The van der Waals surface area contributed by atoms with Crippen LogP contribution in [0.25, 0.3) is 0 Å². The molecule has 0 aromatic carbocycles. The Kier molecular flexibility index (Phi) is 2.46. The zero-order valence-electron chi connectivity index (χ0n) is 8.55. The van der Waals surface area contributed by atoms with Crippen LogP contribution in [0.4, 0.5) is 0 Å². The predicted octanol–water partition coefficient (Wildman–Crippen LogP) is 0.711. The topological polar surface area (TPSA) is 63.8 Å². The van der Waals surface area contributed by atoms with Gasteiger partial charge in [-0.1, -0.05) is 0 Å². The highest BCUT2D eigenvalue weighted by molar-refractivity contribution is 5.17. The zero-order chi connectivity index (χ0) is 10.1. The molecule has 0 saturated heterocycles. The third-order valence-corrected chi connectivity index (χ3v) is 2.76. The van der Waals surface area contributed by atoms with E-state index >= 15 is 0 Å². The summed E-state index contributed by atoms with van der Waals surface area (Å²) in [5, 5.41) is 3.15. The number of hydrogen-bond acceptors (Lipinski definition) is 2. The maximum atomic E-state index is 11.9. The van der Waals surface area contributed by atoms with Gasteiger partial charge < -0.3 is 5.73 Å². The monoisotopic (exact) mass is 195 g/mol.